The van der Waals surface area contributed by atoms with Gasteiger partial charge in [0, 0.05) is 13.7 Å². The van der Waals surface area contributed by atoms with Crippen LogP contribution in [0.15, 0.2) is 12.1 Å². The number of hydrogen-bond donors (Lipinski definition) is 2. The third-order valence-electron chi connectivity index (χ3n) is 2.68. The molecule has 0 aliphatic rings. The second-order valence-corrected chi connectivity index (χ2v) is 4.18. The molecule has 0 spiro atoms. The number of hydrogen-bond acceptors (Lipinski definition) is 5. The van der Waals surface area contributed by atoms with E-state index in [1.807, 2.05) is 0 Å². The lowest BCUT2D eigenvalue weighted by atomic mass is 10.1. The molecule has 1 aromatic rings. The normalized spacial score (nSPS) is 12.2. The van der Waals surface area contributed by atoms with Crippen molar-refractivity contribution >= 4 is 11.4 Å². The molecule has 1 atom stereocenters. The number of rotatable bonds is 7. The number of halogens is 1. The van der Waals surface area contributed by atoms with Crippen LogP contribution in [0.2, 0.25) is 0 Å². The number of nitrogens with one attached hydrogen (secondary N) is 1. The van der Waals surface area contributed by atoms with Gasteiger partial charge in [-0.05, 0) is 25.0 Å². The van der Waals surface area contributed by atoms with Gasteiger partial charge < -0.3 is 15.2 Å². The van der Waals surface area contributed by atoms with E-state index in [0.717, 1.165) is 6.07 Å². The molecule has 0 amide bonds. The summed E-state index contributed by atoms with van der Waals surface area (Å²) in [6.45, 7) is 1.74. The molecule has 6 nitrogen and oxygen atoms in total. The van der Waals surface area contributed by atoms with Gasteiger partial charge in [-0.3, -0.25) is 10.1 Å². The van der Waals surface area contributed by atoms with Crippen LogP contribution in [0, 0.1) is 22.9 Å². The van der Waals surface area contributed by atoms with Crippen LogP contribution in [-0.4, -0.2) is 36.4 Å². The zero-order valence-corrected chi connectivity index (χ0v) is 10.9. The fraction of sp³-hybridized carbons (Fsp3) is 0.500. The van der Waals surface area contributed by atoms with Crippen molar-refractivity contribution < 1.29 is 19.2 Å². The van der Waals surface area contributed by atoms with Crippen LogP contribution in [0.1, 0.15) is 12.0 Å². The summed E-state index contributed by atoms with van der Waals surface area (Å²) in [6, 6.07) is 1.99. The summed E-state index contributed by atoms with van der Waals surface area (Å²) in [4.78, 5) is 10.3. The van der Waals surface area contributed by atoms with Crippen LogP contribution in [0.4, 0.5) is 15.8 Å². The van der Waals surface area contributed by atoms with Gasteiger partial charge in [-0.1, -0.05) is 0 Å². The summed E-state index contributed by atoms with van der Waals surface area (Å²) in [5.74, 6) is -0.623. The SMILES string of the molecule is COCC(CCO)Nc1cc(C)c(F)cc1[N+](=O)[O-]. The first-order valence-electron chi connectivity index (χ1n) is 5.80. The molecule has 19 heavy (non-hydrogen) atoms. The summed E-state index contributed by atoms with van der Waals surface area (Å²) in [5, 5.41) is 22.7. The molecule has 1 aromatic carbocycles. The van der Waals surface area contributed by atoms with E-state index in [4.69, 9.17) is 9.84 Å². The first kappa shape index (κ1) is 15.3. The summed E-state index contributed by atoms with van der Waals surface area (Å²) in [5.41, 5.74) is 0.204. The van der Waals surface area contributed by atoms with Crippen molar-refractivity contribution in [3.8, 4) is 0 Å². The van der Waals surface area contributed by atoms with Gasteiger partial charge in [0.2, 0.25) is 0 Å². The summed E-state index contributed by atoms with van der Waals surface area (Å²) < 4.78 is 18.3. The highest BCUT2D eigenvalue weighted by Crippen LogP contribution is 2.28. The number of anilines is 1. The minimum atomic E-state index is -0.645. The molecular weight excluding hydrogens is 255 g/mol. The Morgan fingerprint density at radius 1 is 1.58 bits per heavy atom. The zero-order valence-electron chi connectivity index (χ0n) is 10.9. The number of aliphatic hydroxyl groups excluding tert-OH is 1. The zero-order chi connectivity index (χ0) is 14.4. The number of nitro benzene ring substituents is 1. The summed E-state index contributed by atoms with van der Waals surface area (Å²) in [7, 11) is 1.50. The first-order valence-corrected chi connectivity index (χ1v) is 5.80. The van der Waals surface area contributed by atoms with E-state index in [0.29, 0.717) is 12.0 Å². The van der Waals surface area contributed by atoms with Crippen molar-refractivity contribution in [1.82, 2.24) is 0 Å². The van der Waals surface area contributed by atoms with Gasteiger partial charge in [0.25, 0.3) is 5.69 Å². The Labute approximate surface area is 110 Å². The van der Waals surface area contributed by atoms with Crippen LogP contribution >= 0.6 is 0 Å². The smallest absolute Gasteiger partial charge is 0.295 e. The predicted octanol–water partition coefficient (Wildman–Crippen LogP) is 1.85. The quantitative estimate of drug-likeness (QED) is 0.584. The van der Waals surface area contributed by atoms with Crippen molar-refractivity contribution in [3.63, 3.8) is 0 Å². The maximum absolute atomic E-state index is 13.4. The van der Waals surface area contributed by atoms with E-state index >= 15 is 0 Å². The van der Waals surface area contributed by atoms with E-state index in [1.54, 1.807) is 0 Å². The topological polar surface area (TPSA) is 84.6 Å². The highest BCUT2D eigenvalue weighted by atomic mass is 19.1. The highest BCUT2D eigenvalue weighted by molar-refractivity contribution is 5.63. The Kier molecular flexibility index (Phi) is 5.65. The third kappa shape index (κ3) is 4.15. The summed E-state index contributed by atoms with van der Waals surface area (Å²) >= 11 is 0. The third-order valence-corrected chi connectivity index (χ3v) is 2.68. The molecule has 2 N–H and O–H groups in total. The Hall–Kier alpha value is -1.73. The fourth-order valence-corrected chi connectivity index (χ4v) is 1.71. The molecule has 0 saturated carbocycles. The lowest BCUT2D eigenvalue weighted by molar-refractivity contribution is -0.384. The molecule has 7 heteroatoms. The van der Waals surface area contributed by atoms with E-state index < -0.39 is 10.7 Å². The van der Waals surface area contributed by atoms with Crippen LogP contribution in [0.25, 0.3) is 0 Å². The number of benzene rings is 1. The minimum absolute atomic E-state index is 0.0744. The number of nitro groups is 1. The minimum Gasteiger partial charge on any atom is -0.396 e. The second kappa shape index (κ2) is 7.01. The van der Waals surface area contributed by atoms with Crippen molar-refractivity contribution in [3.05, 3.63) is 33.6 Å². The molecular formula is C12H17FN2O4. The molecule has 106 valence electrons. The van der Waals surface area contributed by atoms with Gasteiger partial charge in [-0.15, -0.1) is 0 Å². The van der Waals surface area contributed by atoms with Crippen LogP contribution in [0.5, 0.6) is 0 Å². The Morgan fingerprint density at radius 2 is 2.26 bits per heavy atom. The number of aliphatic hydroxyl groups is 1. The van der Waals surface area contributed by atoms with Gasteiger partial charge in [0.05, 0.1) is 23.6 Å². The largest absolute Gasteiger partial charge is 0.396 e. The number of methoxy groups -OCH3 is 1. The Bertz CT molecular complexity index is 448. The molecule has 0 heterocycles. The van der Waals surface area contributed by atoms with Crippen molar-refractivity contribution in [2.45, 2.75) is 19.4 Å². The number of ether oxygens (including phenoxy) is 1. The number of nitrogens with zero attached hydrogens (tertiary/aromatic N) is 1. The van der Waals surface area contributed by atoms with Gasteiger partial charge in [-0.25, -0.2) is 4.39 Å². The molecule has 0 radical (unpaired) electrons. The highest BCUT2D eigenvalue weighted by Gasteiger charge is 2.19. The summed E-state index contributed by atoms with van der Waals surface area (Å²) in [6.07, 6.45) is 0.376. The van der Waals surface area contributed by atoms with Gasteiger partial charge >= 0.3 is 0 Å². The van der Waals surface area contributed by atoms with Gasteiger partial charge in [-0.2, -0.15) is 0 Å². The average Bonchev–Trinajstić information content (AvgIpc) is 2.33. The van der Waals surface area contributed by atoms with Gasteiger partial charge in [0.15, 0.2) is 0 Å². The Morgan fingerprint density at radius 3 is 2.79 bits per heavy atom. The van der Waals surface area contributed by atoms with Gasteiger partial charge in [0.1, 0.15) is 11.5 Å². The second-order valence-electron chi connectivity index (χ2n) is 4.18. The molecule has 0 aliphatic heterocycles. The molecule has 0 fully saturated rings. The van der Waals surface area contributed by atoms with E-state index in [2.05, 4.69) is 5.32 Å². The standard InChI is InChI=1S/C12H17FN2O4/c1-8-5-11(12(15(17)18)6-10(8)13)14-9(3-4-16)7-19-2/h5-6,9,14,16H,3-4,7H2,1-2H3. The van der Waals surface area contributed by atoms with E-state index in [-0.39, 0.29) is 30.6 Å². The lowest BCUT2D eigenvalue weighted by Crippen LogP contribution is -2.26. The molecule has 0 saturated heterocycles. The number of aryl methyl sites for hydroxylation is 1. The molecule has 0 aliphatic carbocycles. The van der Waals surface area contributed by atoms with Crippen LogP contribution in [-0.2, 0) is 4.74 Å². The van der Waals surface area contributed by atoms with E-state index in [9.17, 15) is 14.5 Å². The maximum Gasteiger partial charge on any atom is 0.295 e. The molecule has 0 aromatic heterocycles. The van der Waals surface area contributed by atoms with Crippen LogP contribution in [0.3, 0.4) is 0 Å². The predicted molar refractivity (Wildman–Crippen MR) is 68.8 cm³/mol. The van der Waals surface area contributed by atoms with Crippen molar-refractivity contribution in [2.75, 3.05) is 25.6 Å². The van der Waals surface area contributed by atoms with Crippen molar-refractivity contribution in [2.24, 2.45) is 0 Å². The van der Waals surface area contributed by atoms with Crippen molar-refractivity contribution in [1.29, 1.82) is 0 Å². The molecule has 0 bridgehead atoms. The van der Waals surface area contributed by atoms with Crippen LogP contribution < -0.4 is 5.32 Å². The molecule has 1 unspecified atom stereocenters. The molecule has 1 rings (SSSR count). The lowest BCUT2D eigenvalue weighted by Gasteiger charge is -2.18. The first-order chi connectivity index (χ1) is 8.99. The monoisotopic (exact) mass is 272 g/mol. The Balaban J connectivity index is 3.03. The van der Waals surface area contributed by atoms with E-state index in [1.165, 1.54) is 20.1 Å². The fourth-order valence-electron chi connectivity index (χ4n) is 1.71. The average molecular weight is 272 g/mol. The maximum atomic E-state index is 13.4.